The molecule has 0 N–H and O–H groups in total. The lowest BCUT2D eigenvalue weighted by Gasteiger charge is -2.38. The van der Waals surface area contributed by atoms with Gasteiger partial charge in [-0.3, -0.25) is 0 Å². The lowest BCUT2D eigenvalue weighted by molar-refractivity contribution is -0.119. The summed E-state index contributed by atoms with van der Waals surface area (Å²) in [4.78, 5) is 11.1. The molecule has 17 heavy (non-hydrogen) atoms. The molecule has 2 atom stereocenters. The van der Waals surface area contributed by atoms with Crippen LogP contribution in [0.1, 0.15) is 51.9 Å². The number of rotatable bonds is 4. The van der Waals surface area contributed by atoms with Crippen molar-refractivity contribution in [1.82, 2.24) is 0 Å². The molecule has 98 valence electrons. The average Bonchev–Trinajstić information content (AvgIpc) is 2.40. The quantitative estimate of drug-likeness (QED) is 0.701. The zero-order valence-electron chi connectivity index (χ0n) is 11.1. The molecule has 0 aromatic carbocycles. The third-order valence-corrected chi connectivity index (χ3v) is 4.82. The van der Waals surface area contributed by atoms with Crippen LogP contribution < -0.4 is 0 Å². The zero-order valence-corrected chi connectivity index (χ0v) is 11.1. The Kier molecular flexibility index (Phi) is 5.02. The summed E-state index contributed by atoms with van der Waals surface area (Å²) in [6, 6.07) is 0. The third-order valence-electron chi connectivity index (χ3n) is 4.82. The number of ether oxygens (including phenoxy) is 1. The van der Waals surface area contributed by atoms with Gasteiger partial charge in [-0.2, -0.15) is 0 Å². The molecule has 0 aromatic heterocycles. The summed E-state index contributed by atoms with van der Waals surface area (Å²) >= 11 is 0. The van der Waals surface area contributed by atoms with Crippen LogP contribution in [0.25, 0.3) is 0 Å². The topological polar surface area (TPSA) is 26.3 Å². The van der Waals surface area contributed by atoms with Crippen molar-refractivity contribution in [3.8, 4) is 0 Å². The van der Waals surface area contributed by atoms with E-state index in [0.717, 1.165) is 31.1 Å². The molecule has 0 amide bonds. The summed E-state index contributed by atoms with van der Waals surface area (Å²) in [6.45, 7) is 3.82. The first-order valence-electron chi connectivity index (χ1n) is 7.38. The second-order valence-corrected chi connectivity index (χ2v) is 5.90. The van der Waals surface area contributed by atoms with Gasteiger partial charge in [-0.25, -0.2) is 0 Å². The Hall–Kier alpha value is -0.370. The molecule has 1 aliphatic carbocycles. The van der Waals surface area contributed by atoms with E-state index in [-0.39, 0.29) is 5.92 Å². The van der Waals surface area contributed by atoms with Gasteiger partial charge in [0.05, 0.1) is 6.61 Å². The Morgan fingerprint density at radius 1 is 1.18 bits per heavy atom. The molecule has 0 radical (unpaired) electrons. The standard InChI is InChI=1S/C15H26O2/c1-2-3-12-4-6-13(7-5-12)15-8-9-17-11-14(15)10-16/h10,12-15H,2-9,11H2,1H3. The molecule has 0 spiro atoms. The predicted molar refractivity (Wildman–Crippen MR) is 68.8 cm³/mol. The van der Waals surface area contributed by atoms with Gasteiger partial charge in [0.1, 0.15) is 6.29 Å². The first kappa shape index (κ1) is 13.1. The van der Waals surface area contributed by atoms with Crippen LogP contribution >= 0.6 is 0 Å². The highest BCUT2D eigenvalue weighted by Gasteiger charge is 2.34. The molecule has 1 saturated heterocycles. The first-order chi connectivity index (χ1) is 8.35. The van der Waals surface area contributed by atoms with Gasteiger partial charge < -0.3 is 9.53 Å². The maximum absolute atomic E-state index is 11.1. The van der Waals surface area contributed by atoms with Gasteiger partial charge >= 0.3 is 0 Å². The van der Waals surface area contributed by atoms with E-state index in [2.05, 4.69) is 6.92 Å². The van der Waals surface area contributed by atoms with E-state index < -0.39 is 0 Å². The summed E-state index contributed by atoms with van der Waals surface area (Å²) in [6.07, 6.45) is 10.4. The molecule has 2 nitrogen and oxygen atoms in total. The molecule has 2 rings (SSSR count). The molecule has 1 heterocycles. The van der Waals surface area contributed by atoms with Gasteiger partial charge in [-0.05, 0) is 37.0 Å². The second-order valence-electron chi connectivity index (χ2n) is 5.90. The van der Waals surface area contributed by atoms with E-state index in [1.165, 1.54) is 38.5 Å². The van der Waals surface area contributed by atoms with Crippen LogP contribution in [-0.4, -0.2) is 19.5 Å². The molecule has 2 fully saturated rings. The average molecular weight is 238 g/mol. The fraction of sp³-hybridized carbons (Fsp3) is 0.933. The number of carbonyl (C=O) groups is 1. The molecule has 0 bridgehead atoms. The van der Waals surface area contributed by atoms with Gasteiger partial charge in [0.2, 0.25) is 0 Å². The number of carbonyl (C=O) groups excluding carboxylic acids is 1. The zero-order chi connectivity index (χ0) is 12.1. The molecule has 2 unspecified atom stereocenters. The van der Waals surface area contributed by atoms with Crippen molar-refractivity contribution in [1.29, 1.82) is 0 Å². The van der Waals surface area contributed by atoms with Crippen molar-refractivity contribution in [3.63, 3.8) is 0 Å². The van der Waals surface area contributed by atoms with Crippen LogP contribution in [0.4, 0.5) is 0 Å². The van der Waals surface area contributed by atoms with Crippen molar-refractivity contribution in [2.75, 3.05) is 13.2 Å². The maximum Gasteiger partial charge on any atom is 0.125 e. The van der Waals surface area contributed by atoms with Crippen LogP contribution in [-0.2, 0) is 9.53 Å². The summed E-state index contributed by atoms with van der Waals surface area (Å²) in [5.74, 6) is 2.55. The Morgan fingerprint density at radius 3 is 2.59 bits per heavy atom. The highest BCUT2D eigenvalue weighted by atomic mass is 16.5. The Labute approximate surface area is 105 Å². The number of aldehydes is 1. The van der Waals surface area contributed by atoms with E-state index >= 15 is 0 Å². The minimum atomic E-state index is 0.177. The van der Waals surface area contributed by atoms with Crippen LogP contribution in [0.2, 0.25) is 0 Å². The molecule has 2 aliphatic rings. The van der Waals surface area contributed by atoms with Crippen molar-refractivity contribution in [2.45, 2.75) is 51.9 Å². The van der Waals surface area contributed by atoms with Crippen molar-refractivity contribution >= 4 is 6.29 Å². The van der Waals surface area contributed by atoms with Crippen molar-refractivity contribution in [3.05, 3.63) is 0 Å². The fourth-order valence-corrected chi connectivity index (χ4v) is 3.82. The molecule has 1 saturated carbocycles. The summed E-state index contributed by atoms with van der Waals surface area (Å²) in [5.41, 5.74) is 0. The van der Waals surface area contributed by atoms with E-state index in [1.807, 2.05) is 0 Å². The van der Waals surface area contributed by atoms with E-state index in [9.17, 15) is 4.79 Å². The first-order valence-corrected chi connectivity index (χ1v) is 7.38. The lowest BCUT2D eigenvalue weighted by Crippen LogP contribution is -2.35. The molecule has 1 aliphatic heterocycles. The molecular weight excluding hydrogens is 212 g/mol. The lowest BCUT2D eigenvalue weighted by atomic mass is 9.69. The molecule has 0 aromatic rings. The Morgan fingerprint density at radius 2 is 1.94 bits per heavy atom. The number of hydrogen-bond donors (Lipinski definition) is 0. The van der Waals surface area contributed by atoms with Gasteiger partial charge in [-0.15, -0.1) is 0 Å². The maximum atomic E-state index is 11.1. The highest BCUT2D eigenvalue weighted by Crippen LogP contribution is 2.40. The van der Waals surface area contributed by atoms with Crippen LogP contribution in [0, 0.1) is 23.7 Å². The fourth-order valence-electron chi connectivity index (χ4n) is 3.82. The molecule has 2 heteroatoms. The Balaban J connectivity index is 1.84. The largest absolute Gasteiger partial charge is 0.381 e. The van der Waals surface area contributed by atoms with Gasteiger partial charge in [0.15, 0.2) is 0 Å². The minimum absolute atomic E-state index is 0.177. The normalized spacial score (nSPS) is 38.9. The SMILES string of the molecule is CCCC1CCC(C2CCOCC2C=O)CC1. The van der Waals surface area contributed by atoms with E-state index in [1.54, 1.807) is 0 Å². The molecular formula is C15H26O2. The van der Waals surface area contributed by atoms with Crippen LogP contribution in [0.3, 0.4) is 0 Å². The summed E-state index contributed by atoms with van der Waals surface area (Å²) in [7, 11) is 0. The second kappa shape index (κ2) is 6.53. The Bertz CT molecular complexity index is 231. The van der Waals surface area contributed by atoms with E-state index in [4.69, 9.17) is 4.74 Å². The smallest absolute Gasteiger partial charge is 0.125 e. The summed E-state index contributed by atoms with van der Waals surface area (Å²) in [5, 5.41) is 0. The van der Waals surface area contributed by atoms with Crippen molar-refractivity contribution < 1.29 is 9.53 Å². The van der Waals surface area contributed by atoms with Gasteiger partial charge in [0.25, 0.3) is 0 Å². The summed E-state index contributed by atoms with van der Waals surface area (Å²) < 4.78 is 5.42. The minimum Gasteiger partial charge on any atom is -0.381 e. The van der Waals surface area contributed by atoms with E-state index in [0.29, 0.717) is 12.5 Å². The number of hydrogen-bond acceptors (Lipinski definition) is 2. The predicted octanol–water partition coefficient (Wildman–Crippen LogP) is 3.44. The monoisotopic (exact) mass is 238 g/mol. The van der Waals surface area contributed by atoms with Crippen LogP contribution in [0.15, 0.2) is 0 Å². The van der Waals surface area contributed by atoms with Crippen molar-refractivity contribution in [2.24, 2.45) is 23.7 Å². The van der Waals surface area contributed by atoms with Gasteiger partial charge in [-0.1, -0.05) is 32.6 Å². The third kappa shape index (κ3) is 3.31. The van der Waals surface area contributed by atoms with Gasteiger partial charge in [0, 0.05) is 12.5 Å². The highest BCUT2D eigenvalue weighted by molar-refractivity contribution is 5.54. The van der Waals surface area contributed by atoms with Crippen LogP contribution in [0.5, 0.6) is 0 Å².